The number of hydrogen-bond acceptors (Lipinski definition) is 7. The average Bonchev–Trinajstić information content (AvgIpc) is 3.08. The summed E-state index contributed by atoms with van der Waals surface area (Å²) >= 11 is 1.21. The molecule has 4 aromatic rings. The van der Waals surface area contributed by atoms with Gasteiger partial charge in [-0.3, -0.25) is 4.79 Å². The van der Waals surface area contributed by atoms with Crippen LogP contribution in [0.4, 0.5) is 0 Å². The molecule has 0 unspecified atom stereocenters. The van der Waals surface area contributed by atoms with Crippen LogP contribution in [0.25, 0.3) is 15.7 Å². The summed E-state index contributed by atoms with van der Waals surface area (Å²) in [5, 5.41) is 6.74. The lowest BCUT2D eigenvalue weighted by Gasteiger charge is -2.07. The molecular formula is C19H15N3O4S. The van der Waals surface area contributed by atoms with Gasteiger partial charge in [0.05, 0.1) is 0 Å². The highest BCUT2D eigenvalue weighted by Gasteiger charge is 2.11. The fourth-order valence-corrected chi connectivity index (χ4v) is 3.46. The lowest BCUT2D eigenvalue weighted by atomic mass is 10.1. The Kier molecular flexibility index (Phi) is 4.55. The minimum absolute atomic E-state index is 0.0353. The summed E-state index contributed by atoms with van der Waals surface area (Å²) in [5.41, 5.74) is 0.363. The van der Waals surface area contributed by atoms with Crippen molar-refractivity contribution in [3.63, 3.8) is 0 Å². The second-order valence-corrected chi connectivity index (χ2v) is 6.92. The number of aryl methyl sites for hydroxylation is 1. The Morgan fingerprint density at radius 1 is 1.15 bits per heavy atom. The number of benzene rings is 2. The number of nitrogens with zero attached hydrogens (tertiary/aromatic N) is 3. The standard InChI is InChI=1S/C19H15N3O4S/c1-12-8-17(23)22-19(20-12)27-16(21-22)10-26-18(24)11-25-15-7-6-13-4-2-3-5-14(13)9-15/h2-9H,10-11H2,1H3. The summed E-state index contributed by atoms with van der Waals surface area (Å²) in [7, 11) is 0. The van der Waals surface area contributed by atoms with Crippen molar-refractivity contribution < 1.29 is 14.3 Å². The van der Waals surface area contributed by atoms with Gasteiger partial charge in [0.2, 0.25) is 4.96 Å². The van der Waals surface area contributed by atoms with Crippen molar-refractivity contribution in [3.05, 3.63) is 69.6 Å². The van der Waals surface area contributed by atoms with Gasteiger partial charge < -0.3 is 9.47 Å². The van der Waals surface area contributed by atoms with Crippen LogP contribution in [0.5, 0.6) is 5.75 Å². The number of carbonyl (C=O) groups excluding carboxylic acids is 1. The van der Waals surface area contributed by atoms with Crippen molar-refractivity contribution >= 4 is 33.0 Å². The van der Waals surface area contributed by atoms with Crippen LogP contribution < -0.4 is 10.3 Å². The highest BCUT2D eigenvalue weighted by atomic mass is 32.1. The third-order valence-electron chi connectivity index (χ3n) is 3.85. The smallest absolute Gasteiger partial charge is 0.344 e. The maximum Gasteiger partial charge on any atom is 0.344 e. The number of esters is 1. The molecule has 4 rings (SSSR count). The Morgan fingerprint density at radius 3 is 2.81 bits per heavy atom. The van der Waals surface area contributed by atoms with Crippen molar-refractivity contribution in [3.8, 4) is 5.75 Å². The first-order chi connectivity index (χ1) is 13.1. The molecule has 0 saturated carbocycles. The van der Waals surface area contributed by atoms with Crippen LogP contribution in [0, 0.1) is 6.92 Å². The molecule has 2 aromatic heterocycles. The molecule has 136 valence electrons. The highest BCUT2D eigenvalue weighted by molar-refractivity contribution is 7.16. The number of aromatic nitrogens is 3. The van der Waals surface area contributed by atoms with Crippen LogP contribution in [0.2, 0.25) is 0 Å². The summed E-state index contributed by atoms with van der Waals surface area (Å²) in [6.07, 6.45) is 0. The quantitative estimate of drug-likeness (QED) is 0.495. The zero-order chi connectivity index (χ0) is 18.8. The third-order valence-corrected chi connectivity index (χ3v) is 4.73. The minimum Gasteiger partial charge on any atom is -0.482 e. The monoisotopic (exact) mass is 381 g/mol. The Labute approximate surface area is 157 Å². The van der Waals surface area contributed by atoms with E-state index in [4.69, 9.17) is 9.47 Å². The van der Waals surface area contributed by atoms with Crippen LogP contribution in [0.1, 0.15) is 10.7 Å². The topological polar surface area (TPSA) is 82.8 Å². The van der Waals surface area contributed by atoms with Gasteiger partial charge in [0.1, 0.15) is 12.4 Å². The van der Waals surface area contributed by atoms with E-state index in [0.29, 0.717) is 21.4 Å². The Balaban J connectivity index is 1.36. The van der Waals surface area contributed by atoms with E-state index >= 15 is 0 Å². The number of hydrogen-bond donors (Lipinski definition) is 0. The molecule has 0 bridgehead atoms. The van der Waals surface area contributed by atoms with Crippen LogP contribution in [0.3, 0.4) is 0 Å². The van der Waals surface area contributed by atoms with Crippen molar-refractivity contribution in [2.45, 2.75) is 13.5 Å². The molecule has 8 heteroatoms. The van der Waals surface area contributed by atoms with E-state index in [-0.39, 0.29) is 18.8 Å². The summed E-state index contributed by atoms with van der Waals surface area (Å²) in [6, 6.07) is 14.9. The van der Waals surface area contributed by atoms with Gasteiger partial charge in [0.15, 0.2) is 11.6 Å². The van der Waals surface area contributed by atoms with Gasteiger partial charge in [-0.15, -0.1) is 0 Å². The van der Waals surface area contributed by atoms with Crippen molar-refractivity contribution in [2.24, 2.45) is 0 Å². The van der Waals surface area contributed by atoms with E-state index in [1.54, 1.807) is 6.92 Å². The first-order valence-electron chi connectivity index (χ1n) is 8.22. The van der Waals surface area contributed by atoms with Crippen LogP contribution >= 0.6 is 11.3 Å². The highest BCUT2D eigenvalue weighted by Crippen LogP contribution is 2.20. The van der Waals surface area contributed by atoms with Crippen molar-refractivity contribution in [2.75, 3.05) is 6.61 Å². The molecule has 0 N–H and O–H groups in total. The van der Waals surface area contributed by atoms with E-state index < -0.39 is 5.97 Å². The largest absolute Gasteiger partial charge is 0.482 e. The van der Waals surface area contributed by atoms with Crippen molar-refractivity contribution in [1.82, 2.24) is 14.6 Å². The zero-order valence-corrected chi connectivity index (χ0v) is 15.2. The zero-order valence-electron chi connectivity index (χ0n) is 14.4. The van der Waals surface area contributed by atoms with Crippen LogP contribution in [-0.4, -0.2) is 27.2 Å². The van der Waals surface area contributed by atoms with Crippen LogP contribution in [-0.2, 0) is 16.1 Å². The second kappa shape index (κ2) is 7.16. The van der Waals surface area contributed by atoms with E-state index in [1.807, 2.05) is 42.5 Å². The van der Waals surface area contributed by atoms with E-state index in [2.05, 4.69) is 10.1 Å². The Bertz CT molecular complexity index is 1200. The van der Waals surface area contributed by atoms with E-state index in [9.17, 15) is 9.59 Å². The lowest BCUT2D eigenvalue weighted by molar-refractivity contribution is -0.147. The number of ether oxygens (including phenoxy) is 2. The van der Waals surface area contributed by atoms with Gasteiger partial charge in [-0.05, 0) is 29.8 Å². The SMILES string of the molecule is Cc1cc(=O)n2nc(COC(=O)COc3ccc4ccccc4c3)sc2n1. The Hall–Kier alpha value is -3.26. The first kappa shape index (κ1) is 17.2. The predicted molar refractivity (Wildman–Crippen MR) is 101 cm³/mol. The molecule has 27 heavy (non-hydrogen) atoms. The summed E-state index contributed by atoms with van der Waals surface area (Å²) in [6.45, 7) is 1.50. The van der Waals surface area contributed by atoms with Gasteiger partial charge in [-0.1, -0.05) is 41.7 Å². The number of rotatable bonds is 5. The first-order valence-corrected chi connectivity index (χ1v) is 9.04. The minimum atomic E-state index is -0.515. The summed E-state index contributed by atoms with van der Waals surface area (Å²) in [4.78, 5) is 28.5. The molecule has 7 nitrogen and oxygen atoms in total. The maximum absolute atomic E-state index is 11.9. The number of carbonyl (C=O) groups is 1. The lowest BCUT2D eigenvalue weighted by Crippen LogP contribution is -2.16. The molecule has 0 aliphatic rings. The Morgan fingerprint density at radius 2 is 1.96 bits per heavy atom. The van der Waals surface area contributed by atoms with E-state index in [1.165, 1.54) is 21.9 Å². The molecule has 2 heterocycles. The molecular weight excluding hydrogens is 366 g/mol. The van der Waals surface area contributed by atoms with Gasteiger partial charge >= 0.3 is 5.97 Å². The van der Waals surface area contributed by atoms with Gasteiger partial charge in [0, 0.05) is 11.8 Å². The molecule has 0 radical (unpaired) electrons. The van der Waals surface area contributed by atoms with Gasteiger partial charge in [-0.2, -0.15) is 9.61 Å². The molecule has 2 aromatic carbocycles. The van der Waals surface area contributed by atoms with E-state index in [0.717, 1.165) is 10.8 Å². The average molecular weight is 381 g/mol. The molecule has 0 amide bonds. The molecule has 0 spiro atoms. The van der Waals surface area contributed by atoms with Crippen molar-refractivity contribution in [1.29, 1.82) is 0 Å². The van der Waals surface area contributed by atoms with Crippen LogP contribution in [0.15, 0.2) is 53.3 Å². The summed E-state index contributed by atoms with van der Waals surface area (Å²) in [5.74, 6) is 0.0794. The molecule has 0 fully saturated rings. The third kappa shape index (κ3) is 3.80. The molecule has 0 saturated heterocycles. The summed E-state index contributed by atoms with van der Waals surface area (Å²) < 4.78 is 11.9. The fourth-order valence-electron chi connectivity index (χ4n) is 2.60. The molecule has 0 aliphatic heterocycles. The molecule has 0 aliphatic carbocycles. The number of fused-ring (bicyclic) bond motifs is 2. The maximum atomic E-state index is 11.9. The second-order valence-electron chi connectivity index (χ2n) is 5.88. The van der Waals surface area contributed by atoms with Gasteiger partial charge in [0.25, 0.3) is 5.56 Å². The normalized spacial score (nSPS) is 11.0. The fraction of sp³-hybridized carbons (Fsp3) is 0.158. The predicted octanol–water partition coefficient (Wildman–Crippen LogP) is 2.73. The van der Waals surface area contributed by atoms with Gasteiger partial charge in [-0.25, -0.2) is 9.78 Å². The molecule has 0 atom stereocenters.